The van der Waals surface area contributed by atoms with Crippen LogP contribution in [-0.2, 0) is 10.0 Å². The Labute approximate surface area is 113 Å². The molecule has 2 N–H and O–H groups in total. The lowest BCUT2D eigenvalue weighted by atomic mass is 10.3. The van der Waals surface area contributed by atoms with Crippen LogP contribution in [0.25, 0.3) is 0 Å². The predicted octanol–water partition coefficient (Wildman–Crippen LogP) is 0.522. The number of benzene rings is 1. The first-order chi connectivity index (χ1) is 9.44. The molecule has 0 aliphatic carbocycles. The molecule has 10 nitrogen and oxygen atoms in total. The number of non-ortho nitro benzene ring substituents is 1. The van der Waals surface area contributed by atoms with Crippen LogP contribution in [0, 0.1) is 10.1 Å². The number of methoxy groups -OCH3 is 1. The van der Waals surface area contributed by atoms with Gasteiger partial charge in [-0.05, 0) is 6.07 Å². The molecule has 0 radical (unpaired) electrons. The molecular weight excluding hydrogens is 290 g/mol. The monoisotopic (exact) mass is 299 g/mol. The van der Waals surface area contributed by atoms with Crippen molar-refractivity contribution in [3.8, 4) is 5.75 Å². The van der Waals surface area contributed by atoms with Crippen LogP contribution in [0.3, 0.4) is 0 Å². The van der Waals surface area contributed by atoms with Gasteiger partial charge in [-0.25, -0.2) is 18.2 Å². The van der Waals surface area contributed by atoms with Gasteiger partial charge in [-0.2, -0.15) is 10.1 Å². The van der Waals surface area contributed by atoms with Gasteiger partial charge < -0.3 is 4.74 Å². The van der Waals surface area contributed by atoms with E-state index in [2.05, 4.69) is 19.9 Å². The van der Waals surface area contributed by atoms with Crippen molar-refractivity contribution in [1.82, 2.24) is 15.2 Å². The van der Waals surface area contributed by atoms with E-state index >= 15 is 0 Å². The van der Waals surface area contributed by atoms with Crippen LogP contribution in [0.2, 0.25) is 0 Å². The zero-order chi connectivity index (χ0) is 14.8. The first kappa shape index (κ1) is 13.7. The standard InChI is InChI=1S/C9H9N5O5S/c1-19-7-3-2-6(14(15)16)4-8(7)20(17,18)13-9-10-5-11-12-9/h2-5H,1H3,(H2,10,11,12,13). The van der Waals surface area contributed by atoms with Gasteiger partial charge in [-0.1, -0.05) is 0 Å². The molecule has 1 aromatic carbocycles. The first-order valence-corrected chi connectivity index (χ1v) is 6.63. The minimum atomic E-state index is -4.10. The second kappa shape index (κ2) is 5.13. The summed E-state index contributed by atoms with van der Waals surface area (Å²) in [6.45, 7) is 0. The summed E-state index contributed by atoms with van der Waals surface area (Å²) in [5.41, 5.74) is -0.372. The number of hydrogen-bond acceptors (Lipinski definition) is 7. The molecular formula is C9H9N5O5S. The summed E-state index contributed by atoms with van der Waals surface area (Å²) in [6.07, 6.45) is 1.11. The molecule has 0 aliphatic rings. The Morgan fingerprint density at radius 3 is 2.75 bits per heavy atom. The highest BCUT2D eigenvalue weighted by molar-refractivity contribution is 7.92. The molecule has 0 aliphatic heterocycles. The lowest BCUT2D eigenvalue weighted by Gasteiger charge is -2.09. The summed E-state index contributed by atoms with van der Waals surface area (Å²) < 4.78 is 31.3. The summed E-state index contributed by atoms with van der Waals surface area (Å²) >= 11 is 0. The van der Waals surface area contributed by atoms with Gasteiger partial charge in [0.2, 0.25) is 5.95 Å². The highest BCUT2D eigenvalue weighted by Crippen LogP contribution is 2.28. The Morgan fingerprint density at radius 2 is 2.20 bits per heavy atom. The van der Waals surface area contributed by atoms with Crippen LogP contribution in [-0.4, -0.2) is 35.6 Å². The van der Waals surface area contributed by atoms with E-state index in [9.17, 15) is 18.5 Å². The number of aromatic amines is 1. The predicted molar refractivity (Wildman–Crippen MR) is 66.8 cm³/mol. The number of anilines is 1. The minimum absolute atomic E-state index is 0.0254. The van der Waals surface area contributed by atoms with Crippen molar-refractivity contribution >= 4 is 21.7 Å². The van der Waals surface area contributed by atoms with Crippen molar-refractivity contribution in [3.05, 3.63) is 34.6 Å². The number of H-pyrrole nitrogens is 1. The van der Waals surface area contributed by atoms with E-state index in [1.807, 2.05) is 0 Å². The van der Waals surface area contributed by atoms with Crippen molar-refractivity contribution in [3.63, 3.8) is 0 Å². The molecule has 0 spiro atoms. The number of aromatic nitrogens is 3. The third-order valence-electron chi connectivity index (χ3n) is 2.29. The van der Waals surface area contributed by atoms with E-state index in [1.165, 1.54) is 13.2 Å². The molecule has 20 heavy (non-hydrogen) atoms. The number of ether oxygens (including phenoxy) is 1. The third kappa shape index (κ3) is 2.66. The van der Waals surface area contributed by atoms with E-state index in [0.717, 1.165) is 18.5 Å². The molecule has 0 fully saturated rings. The number of nitrogens with zero attached hydrogens (tertiary/aromatic N) is 3. The molecule has 106 valence electrons. The molecule has 2 rings (SSSR count). The Hall–Kier alpha value is -2.69. The van der Waals surface area contributed by atoms with Gasteiger partial charge in [-0.15, -0.1) is 0 Å². The summed E-state index contributed by atoms with van der Waals surface area (Å²) in [4.78, 5) is 13.3. The van der Waals surface area contributed by atoms with Gasteiger partial charge in [0.05, 0.1) is 12.0 Å². The SMILES string of the molecule is COc1ccc([N+](=O)[O-])cc1S(=O)(=O)Nc1ncn[nH]1. The lowest BCUT2D eigenvalue weighted by molar-refractivity contribution is -0.385. The maximum Gasteiger partial charge on any atom is 0.271 e. The highest BCUT2D eigenvalue weighted by Gasteiger charge is 2.24. The highest BCUT2D eigenvalue weighted by atomic mass is 32.2. The number of rotatable bonds is 5. The van der Waals surface area contributed by atoms with Crippen molar-refractivity contribution in [2.24, 2.45) is 0 Å². The average molecular weight is 299 g/mol. The van der Waals surface area contributed by atoms with Crippen LogP contribution in [0.15, 0.2) is 29.4 Å². The lowest BCUT2D eigenvalue weighted by Crippen LogP contribution is -2.15. The van der Waals surface area contributed by atoms with Gasteiger partial charge in [0.15, 0.2) is 0 Å². The smallest absolute Gasteiger partial charge is 0.271 e. The Morgan fingerprint density at radius 1 is 1.45 bits per heavy atom. The number of nitrogens with one attached hydrogen (secondary N) is 2. The van der Waals surface area contributed by atoms with E-state index < -0.39 is 14.9 Å². The van der Waals surface area contributed by atoms with Gasteiger partial charge in [0.25, 0.3) is 15.7 Å². The maximum absolute atomic E-state index is 12.2. The zero-order valence-electron chi connectivity index (χ0n) is 10.1. The fraction of sp³-hybridized carbons (Fsp3) is 0.111. The molecule has 0 bridgehead atoms. The van der Waals surface area contributed by atoms with Crippen molar-refractivity contribution in [2.45, 2.75) is 4.90 Å². The van der Waals surface area contributed by atoms with Crippen molar-refractivity contribution in [2.75, 3.05) is 11.8 Å². The van der Waals surface area contributed by atoms with Crippen LogP contribution >= 0.6 is 0 Å². The van der Waals surface area contributed by atoms with Crippen LogP contribution in [0.1, 0.15) is 0 Å². The van der Waals surface area contributed by atoms with Gasteiger partial charge in [0.1, 0.15) is 17.0 Å². The Bertz CT molecular complexity index is 727. The summed E-state index contributed by atoms with van der Waals surface area (Å²) in [5, 5.41) is 16.5. The molecule has 0 atom stereocenters. The maximum atomic E-state index is 12.2. The number of nitro benzene ring substituents is 1. The fourth-order valence-corrected chi connectivity index (χ4v) is 2.58. The molecule has 0 amide bonds. The van der Waals surface area contributed by atoms with E-state index in [0.29, 0.717) is 0 Å². The van der Waals surface area contributed by atoms with E-state index in [4.69, 9.17) is 4.74 Å². The second-order valence-corrected chi connectivity index (χ2v) is 5.18. The van der Waals surface area contributed by atoms with E-state index in [-0.39, 0.29) is 22.3 Å². The molecule has 11 heteroatoms. The number of hydrogen-bond donors (Lipinski definition) is 2. The van der Waals surface area contributed by atoms with Gasteiger partial charge >= 0.3 is 0 Å². The molecule has 1 heterocycles. The van der Waals surface area contributed by atoms with Crippen LogP contribution < -0.4 is 9.46 Å². The molecule has 2 aromatic rings. The van der Waals surface area contributed by atoms with E-state index in [1.54, 1.807) is 0 Å². The normalized spacial score (nSPS) is 11.1. The van der Waals surface area contributed by atoms with Crippen molar-refractivity contribution < 1.29 is 18.1 Å². The largest absolute Gasteiger partial charge is 0.495 e. The quantitative estimate of drug-likeness (QED) is 0.605. The first-order valence-electron chi connectivity index (χ1n) is 5.14. The third-order valence-corrected chi connectivity index (χ3v) is 3.65. The topological polar surface area (TPSA) is 140 Å². The minimum Gasteiger partial charge on any atom is -0.495 e. The summed E-state index contributed by atoms with van der Waals surface area (Å²) in [7, 11) is -2.84. The summed E-state index contributed by atoms with van der Waals surface area (Å²) in [5.74, 6) is -0.138. The van der Waals surface area contributed by atoms with Crippen LogP contribution in [0.5, 0.6) is 5.75 Å². The molecule has 0 unspecified atom stereocenters. The molecule has 1 aromatic heterocycles. The Kier molecular flexibility index (Phi) is 3.52. The molecule has 0 saturated carbocycles. The number of nitro groups is 1. The zero-order valence-corrected chi connectivity index (χ0v) is 10.9. The molecule has 0 saturated heterocycles. The number of sulfonamides is 1. The van der Waals surface area contributed by atoms with Gasteiger partial charge in [0, 0.05) is 12.1 Å². The Balaban J connectivity index is 2.48. The average Bonchev–Trinajstić information content (AvgIpc) is 2.90. The van der Waals surface area contributed by atoms with Crippen molar-refractivity contribution in [1.29, 1.82) is 0 Å². The summed E-state index contributed by atoms with van der Waals surface area (Å²) in [6, 6.07) is 3.25. The van der Waals surface area contributed by atoms with Gasteiger partial charge in [-0.3, -0.25) is 10.1 Å². The van der Waals surface area contributed by atoms with Crippen LogP contribution in [0.4, 0.5) is 11.6 Å². The fourth-order valence-electron chi connectivity index (χ4n) is 1.43. The second-order valence-electron chi connectivity index (χ2n) is 3.53.